The van der Waals surface area contributed by atoms with Crippen molar-refractivity contribution in [2.45, 2.75) is 26.2 Å². The van der Waals surface area contributed by atoms with Gasteiger partial charge >= 0.3 is 0 Å². The number of likely N-dealkylation sites (N-methyl/N-ethyl adjacent to an activating group) is 1. The van der Waals surface area contributed by atoms with Crippen LogP contribution in [0.1, 0.15) is 26.2 Å². The number of piperidine rings is 1. The fourth-order valence-electron chi connectivity index (χ4n) is 2.43. The lowest BCUT2D eigenvalue weighted by atomic mass is 10.1. The number of nitrogens with one attached hydrogen (secondary N) is 1. The van der Waals surface area contributed by atoms with Crippen molar-refractivity contribution in [2.24, 2.45) is 0 Å². The Balaban J connectivity index is 1.86. The van der Waals surface area contributed by atoms with E-state index in [1.807, 2.05) is 14.0 Å². The maximum Gasteiger partial charge on any atom is 0.241 e. The molecule has 0 atom stereocenters. The minimum atomic E-state index is 0.118. The molecule has 0 unspecified atom stereocenters. The third kappa shape index (κ3) is 3.89. The lowest BCUT2D eigenvalue weighted by Gasteiger charge is -2.28. The van der Waals surface area contributed by atoms with Crippen LogP contribution in [0.3, 0.4) is 0 Å². The number of rotatable bonds is 5. The molecule has 1 N–H and O–H groups in total. The molecule has 1 aliphatic rings. The van der Waals surface area contributed by atoms with Crippen molar-refractivity contribution < 1.29 is 4.79 Å². The molecule has 2 rings (SSSR count). The maximum absolute atomic E-state index is 11.7. The number of hydrogen-bond acceptors (Lipinski definition) is 3. The van der Waals surface area contributed by atoms with Crippen molar-refractivity contribution in [1.29, 1.82) is 0 Å². The normalized spacial score (nSPS) is 15.0. The summed E-state index contributed by atoms with van der Waals surface area (Å²) in [7, 11) is 1.82. The SMILES string of the molecule is CCN(C)C(=O)CNc1ccc(N2CCCCC2)cc1. The van der Waals surface area contributed by atoms with Gasteiger partial charge in [0.25, 0.3) is 0 Å². The van der Waals surface area contributed by atoms with E-state index in [-0.39, 0.29) is 5.91 Å². The molecule has 0 aliphatic carbocycles. The van der Waals surface area contributed by atoms with Crippen molar-refractivity contribution in [3.63, 3.8) is 0 Å². The van der Waals surface area contributed by atoms with Crippen LogP contribution in [0.5, 0.6) is 0 Å². The van der Waals surface area contributed by atoms with Crippen molar-refractivity contribution in [3.05, 3.63) is 24.3 Å². The van der Waals surface area contributed by atoms with Crippen LogP contribution in [-0.2, 0) is 4.79 Å². The molecule has 1 saturated heterocycles. The number of carbonyl (C=O) groups excluding carboxylic acids is 1. The van der Waals surface area contributed by atoms with Gasteiger partial charge in [0.2, 0.25) is 5.91 Å². The number of amides is 1. The third-order valence-electron chi connectivity index (χ3n) is 3.93. The van der Waals surface area contributed by atoms with E-state index in [9.17, 15) is 4.79 Å². The van der Waals surface area contributed by atoms with E-state index in [1.54, 1.807) is 4.90 Å². The number of carbonyl (C=O) groups is 1. The van der Waals surface area contributed by atoms with Crippen LogP contribution >= 0.6 is 0 Å². The predicted octanol–water partition coefficient (Wildman–Crippen LogP) is 2.57. The van der Waals surface area contributed by atoms with Gasteiger partial charge in [0.05, 0.1) is 6.54 Å². The minimum Gasteiger partial charge on any atom is -0.376 e. The summed E-state index contributed by atoms with van der Waals surface area (Å²) in [5.74, 6) is 0.118. The Labute approximate surface area is 121 Å². The van der Waals surface area contributed by atoms with Crippen LogP contribution in [0.2, 0.25) is 0 Å². The van der Waals surface area contributed by atoms with Crippen LogP contribution < -0.4 is 10.2 Å². The molecular formula is C16H25N3O. The van der Waals surface area contributed by atoms with E-state index in [1.165, 1.54) is 24.9 Å². The molecule has 110 valence electrons. The van der Waals surface area contributed by atoms with E-state index in [0.29, 0.717) is 6.54 Å². The van der Waals surface area contributed by atoms with Crippen molar-refractivity contribution in [2.75, 3.05) is 43.4 Å². The van der Waals surface area contributed by atoms with Crippen LogP contribution in [0.25, 0.3) is 0 Å². The topological polar surface area (TPSA) is 35.6 Å². The van der Waals surface area contributed by atoms with Gasteiger partial charge in [-0.2, -0.15) is 0 Å². The summed E-state index contributed by atoms with van der Waals surface area (Å²) in [6.45, 7) is 5.40. The van der Waals surface area contributed by atoms with Crippen LogP contribution in [0, 0.1) is 0 Å². The summed E-state index contributed by atoms with van der Waals surface area (Å²) < 4.78 is 0. The van der Waals surface area contributed by atoms with Crippen molar-refractivity contribution >= 4 is 17.3 Å². The lowest BCUT2D eigenvalue weighted by molar-refractivity contribution is -0.127. The molecular weight excluding hydrogens is 250 g/mol. The molecule has 20 heavy (non-hydrogen) atoms. The smallest absolute Gasteiger partial charge is 0.241 e. The van der Waals surface area contributed by atoms with E-state index >= 15 is 0 Å². The summed E-state index contributed by atoms with van der Waals surface area (Å²) in [6.07, 6.45) is 3.93. The first-order chi connectivity index (χ1) is 9.70. The standard InChI is InChI=1S/C16H25N3O/c1-3-18(2)16(20)13-17-14-7-9-15(10-8-14)19-11-5-4-6-12-19/h7-10,17H,3-6,11-13H2,1-2H3. The molecule has 0 radical (unpaired) electrons. The predicted molar refractivity (Wildman–Crippen MR) is 84.3 cm³/mol. The summed E-state index contributed by atoms with van der Waals surface area (Å²) in [5.41, 5.74) is 2.29. The van der Waals surface area contributed by atoms with Crippen molar-refractivity contribution in [3.8, 4) is 0 Å². The van der Waals surface area contributed by atoms with Crippen LogP contribution in [0.4, 0.5) is 11.4 Å². The molecule has 1 amide bonds. The maximum atomic E-state index is 11.7. The van der Waals surface area contributed by atoms with Gasteiger partial charge in [-0.15, -0.1) is 0 Å². The zero-order valence-electron chi connectivity index (χ0n) is 12.6. The number of benzene rings is 1. The van der Waals surface area contributed by atoms with E-state index in [4.69, 9.17) is 0 Å². The van der Waals surface area contributed by atoms with Crippen LogP contribution in [-0.4, -0.2) is 44.0 Å². The molecule has 0 spiro atoms. The Morgan fingerprint density at radius 1 is 1.20 bits per heavy atom. The monoisotopic (exact) mass is 275 g/mol. The summed E-state index contributed by atoms with van der Waals surface area (Å²) in [5, 5.41) is 3.18. The highest BCUT2D eigenvalue weighted by Crippen LogP contribution is 2.21. The van der Waals surface area contributed by atoms with Gasteiger partial charge < -0.3 is 15.1 Å². The molecule has 0 saturated carbocycles. The molecule has 1 heterocycles. The summed E-state index contributed by atoms with van der Waals surface area (Å²) in [4.78, 5) is 15.9. The summed E-state index contributed by atoms with van der Waals surface area (Å²) >= 11 is 0. The Bertz CT molecular complexity index is 424. The Kier molecular flexibility index (Phi) is 5.27. The first-order valence-corrected chi connectivity index (χ1v) is 7.53. The first-order valence-electron chi connectivity index (χ1n) is 7.53. The fourth-order valence-corrected chi connectivity index (χ4v) is 2.43. The average molecular weight is 275 g/mol. The zero-order chi connectivity index (χ0) is 14.4. The molecule has 1 aromatic carbocycles. The highest BCUT2D eigenvalue weighted by molar-refractivity contribution is 5.80. The highest BCUT2D eigenvalue weighted by Gasteiger charge is 2.10. The van der Waals surface area contributed by atoms with Gasteiger partial charge in [-0.3, -0.25) is 4.79 Å². The van der Waals surface area contributed by atoms with E-state index in [2.05, 4.69) is 34.5 Å². The fraction of sp³-hybridized carbons (Fsp3) is 0.562. The van der Waals surface area contributed by atoms with E-state index < -0.39 is 0 Å². The largest absolute Gasteiger partial charge is 0.376 e. The molecule has 0 bridgehead atoms. The Morgan fingerprint density at radius 3 is 2.45 bits per heavy atom. The summed E-state index contributed by atoms with van der Waals surface area (Å²) in [6, 6.07) is 8.40. The number of hydrogen-bond donors (Lipinski definition) is 1. The van der Waals surface area contributed by atoms with Gasteiger partial charge in [0.15, 0.2) is 0 Å². The van der Waals surface area contributed by atoms with Crippen molar-refractivity contribution in [1.82, 2.24) is 4.90 Å². The van der Waals surface area contributed by atoms with Crippen LogP contribution in [0.15, 0.2) is 24.3 Å². The molecule has 1 aliphatic heterocycles. The third-order valence-corrected chi connectivity index (χ3v) is 3.93. The van der Waals surface area contributed by atoms with Gasteiger partial charge in [-0.05, 0) is 50.5 Å². The lowest BCUT2D eigenvalue weighted by Crippen LogP contribution is -2.32. The molecule has 0 aromatic heterocycles. The Morgan fingerprint density at radius 2 is 1.85 bits per heavy atom. The first kappa shape index (κ1) is 14.7. The second-order valence-corrected chi connectivity index (χ2v) is 5.36. The minimum absolute atomic E-state index is 0.118. The molecule has 4 nitrogen and oxygen atoms in total. The second-order valence-electron chi connectivity index (χ2n) is 5.36. The zero-order valence-corrected chi connectivity index (χ0v) is 12.6. The van der Waals surface area contributed by atoms with Gasteiger partial charge in [-0.25, -0.2) is 0 Å². The van der Waals surface area contributed by atoms with Gasteiger partial charge in [0, 0.05) is 38.1 Å². The Hall–Kier alpha value is -1.71. The quantitative estimate of drug-likeness (QED) is 0.897. The average Bonchev–Trinajstić information content (AvgIpc) is 2.53. The van der Waals surface area contributed by atoms with E-state index in [0.717, 1.165) is 25.3 Å². The number of anilines is 2. The number of nitrogens with zero attached hydrogens (tertiary/aromatic N) is 2. The molecule has 4 heteroatoms. The second kappa shape index (κ2) is 7.17. The highest BCUT2D eigenvalue weighted by atomic mass is 16.2. The van der Waals surface area contributed by atoms with Gasteiger partial charge in [-0.1, -0.05) is 0 Å². The van der Waals surface area contributed by atoms with Gasteiger partial charge in [0.1, 0.15) is 0 Å². The molecule has 1 fully saturated rings. The molecule has 1 aromatic rings.